The van der Waals surface area contributed by atoms with Gasteiger partial charge < -0.3 is 25.4 Å². The van der Waals surface area contributed by atoms with Crippen LogP contribution in [0.2, 0.25) is 0 Å². The Morgan fingerprint density at radius 2 is 2.04 bits per heavy atom. The molecule has 2 aromatic heterocycles. The van der Waals surface area contributed by atoms with Crippen LogP contribution in [0, 0.1) is 11.8 Å². The molecule has 2 aromatic rings. The van der Waals surface area contributed by atoms with Crippen LogP contribution in [0.5, 0.6) is 0 Å². The first-order valence-corrected chi connectivity index (χ1v) is 9.66. The lowest BCUT2D eigenvalue weighted by atomic mass is 9.95. The topological polar surface area (TPSA) is 126 Å². The average molecular weight is 375 g/mol. The maximum absolute atomic E-state index is 10.4. The number of aromatic nitrogens is 4. The monoisotopic (exact) mass is 375 g/mol. The molecule has 3 heterocycles. The molecule has 0 radical (unpaired) electrons. The molecule has 2 saturated carbocycles. The number of anilines is 1. The van der Waals surface area contributed by atoms with Crippen LogP contribution in [-0.2, 0) is 4.74 Å². The number of hydrogen-bond donors (Lipinski definition) is 4. The molecule has 8 atom stereocenters. The van der Waals surface area contributed by atoms with E-state index in [0.29, 0.717) is 28.9 Å². The zero-order valence-corrected chi connectivity index (χ0v) is 15.1. The third-order valence-electron chi connectivity index (χ3n) is 6.44. The van der Waals surface area contributed by atoms with E-state index in [2.05, 4.69) is 20.3 Å². The Kier molecular flexibility index (Phi) is 4.08. The summed E-state index contributed by atoms with van der Waals surface area (Å²) in [4.78, 5) is 13.1. The Bertz CT molecular complexity index is 842. The van der Waals surface area contributed by atoms with Crippen molar-refractivity contribution < 1.29 is 20.1 Å². The number of ether oxygens (including phenoxy) is 1. The fourth-order valence-electron chi connectivity index (χ4n) is 5.06. The van der Waals surface area contributed by atoms with E-state index in [1.807, 2.05) is 0 Å². The van der Waals surface area contributed by atoms with Crippen molar-refractivity contribution in [1.29, 1.82) is 0 Å². The normalized spacial score (nSPS) is 39.3. The van der Waals surface area contributed by atoms with Crippen molar-refractivity contribution in [2.45, 2.75) is 69.3 Å². The summed E-state index contributed by atoms with van der Waals surface area (Å²) in [7, 11) is 0. The van der Waals surface area contributed by atoms with Crippen molar-refractivity contribution in [1.82, 2.24) is 19.5 Å². The van der Waals surface area contributed by atoms with E-state index >= 15 is 0 Å². The minimum atomic E-state index is -1.18. The molecular formula is C18H25N5O4. The molecule has 3 aliphatic rings. The fraction of sp³-hybridized carbons (Fsp3) is 0.722. The largest absolute Gasteiger partial charge is 0.391 e. The zero-order valence-electron chi connectivity index (χ0n) is 15.1. The smallest absolute Gasteiger partial charge is 0.167 e. The lowest BCUT2D eigenvalue weighted by Gasteiger charge is -2.23. The van der Waals surface area contributed by atoms with Crippen molar-refractivity contribution in [3.05, 3.63) is 12.7 Å². The average Bonchev–Trinajstić information content (AvgIpc) is 3.40. The molecule has 0 spiro atoms. The van der Waals surface area contributed by atoms with E-state index in [9.17, 15) is 15.3 Å². The first kappa shape index (κ1) is 17.3. The van der Waals surface area contributed by atoms with Gasteiger partial charge >= 0.3 is 0 Å². The summed E-state index contributed by atoms with van der Waals surface area (Å²) in [6, 6.07) is 0.418. The third kappa shape index (κ3) is 2.72. The van der Waals surface area contributed by atoms with E-state index in [1.54, 1.807) is 4.57 Å². The SMILES string of the molecule is CC(O)[C@H]1O[C@@H](n2cnc3c(NC4C[C@@H]5CC[C@H]4C5)ncnc32)[C@H](O)[C@@H]1O. The van der Waals surface area contributed by atoms with Gasteiger partial charge in [-0.15, -0.1) is 0 Å². The quantitative estimate of drug-likeness (QED) is 0.606. The van der Waals surface area contributed by atoms with Gasteiger partial charge in [0.1, 0.15) is 24.6 Å². The third-order valence-corrected chi connectivity index (χ3v) is 6.44. The molecule has 5 rings (SSSR count). The second kappa shape index (κ2) is 6.37. The minimum Gasteiger partial charge on any atom is -0.391 e. The summed E-state index contributed by atoms with van der Waals surface area (Å²) in [6.07, 6.45) is 3.08. The van der Waals surface area contributed by atoms with E-state index in [0.717, 1.165) is 5.92 Å². The molecule has 1 saturated heterocycles. The van der Waals surface area contributed by atoms with E-state index in [-0.39, 0.29) is 0 Å². The van der Waals surface area contributed by atoms with Crippen molar-refractivity contribution >= 4 is 17.0 Å². The van der Waals surface area contributed by atoms with E-state index in [1.165, 1.54) is 45.3 Å². The minimum absolute atomic E-state index is 0.418. The van der Waals surface area contributed by atoms with Gasteiger partial charge in [0.25, 0.3) is 0 Å². The van der Waals surface area contributed by atoms with Crippen LogP contribution < -0.4 is 5.32 Å². The van der Waals surface area contributed by atoms with Gasteiger partial charge in [-0.2, -0.15) is 0 Å². The highest BCUT2D eigenvalue weighted by molar-refractivity contribution is 5.82. The second-order valence-corrected chi connectivity index (χ2v) is 8.19. The summed E-state index contributed by atoms with van der Waals surface area (Å²) in [5.74, 6) is 2.21. The maximum atomic E-state index is 10.4. The number of fused-ring (bicyclic) bond motifs is 3. The van der Waals surface area contributed by atoms with Crippen LogP contribution in [0.4, 0.5) is 5.82 Å². The molecule has 1 aliphatic heterocycles. The first-order valence-electron chi connectivity index (χ1n) is 9.66. The van der Waals surface area contributed by atoms with E-state index < -0.39 is 30.6 Å². The number of aliphatic hydroxyl groups is 3. The number of aliphatic hydroxyl groups excluding tert-OH is 3. The van der Waals surface area contributed by atoms with Crippen LogP contribution in [0.15, 0.2) is 12.7 Å². The lowest BCUT2D eigenvalue weighted by Crippen LogP contribution is -2.37. The number of nitrogens with one attached hydrogen (secondary N) is 1. The molecule has 9 nitrogen and oxygen atoms in total. The molecular weight excluding hydrogens is 350 g/mol. The van der Waals surface area contributed by atoms with Crippen molar-refractivity contribution in [3.63, 3.8) is 0 Å². The van der Waals surface area contributed by atoms with Crippen LogP contribution in [0.3, 0.4) is 0 Å². The predicted molar refractivity (Wildman–Crippen MR) is 95.8 cm³/mol. The Labute approximate surface area is 156 Å². The van der Waals surface area contributed by atoms with Gasteiger partial charge in [0.15, 0.2) is 23.2 Å². The summed E-state index contributed by atoms with van der Waals surface area (Å²) < 4.78 is 7.30. The highest BCUT2D eigenvalue weighted by atomic mass is 16.6. The maximum Gasteiger partial charge on any atom is 0.167 e. The molecule has 0 amide bonds. The van der Waals surface area contributed by atoms with E-state index in [4.69, 9.17) is 4.74 Å². The predicted octanol–water partition coefficient (Wildman–Crippen LogP) is 0.427. The standard InChI is InChI=1S/C18H25N5O4/c1-8(24)15-13(25)14(26)18(27-15)23-7-21-12-16(19-6-20-17(12)23)22-11-5-9-2-3-10(11)4-9/h6-11,13-15,18,24-26H,2-5H2,1H3,(H,19,20,22)/t8?,9-,10+,11?,13+,14-,15-,18-/m1/s1. The van der Waals surface area contributed by atoms with Crippen LogP contribution in [-0.4, -0.2) is 65.3 Å². The lowest BCUT2D eigenvalue weighted by molar-refractivity contribution is -0.0777. The van der Waals surface area contributed by atoms with Gasteiger partial charge in [-0.1, -0.05) is 6.42 Å². The number of nitrogens with zero attached hydrogens (tertiary/aromatic N) is 4. The van der Waals surface area contributed by atoms with Crippen molar-refractivity contribution in [2.75, 3.05) is 5.32 Å². The molecule has 0 aromatic carbocycles. The van der Waals surface area contributed by atoms with Crippen LogP contribution in [0.25, 0.3) is 11.2 Å². The van der Waals surface area contributed by atoms with Gasteiger partial charge in [-0.25, -0.2) is 15.0 Å². The number of imidazole rings is 1. The van der Waals surface area contributed by atoms with Crippen LogP contribution >= 0.6 is 0 Å². The molecule has 2 bridgehead atoms. The molecule has 146 valence electrons. The van der Waals surface area contributed by atoms with Gasteiger partial charge in [-0.3, -0.25) is 4.57 Å². The zero-order chi connectivity index (χ0) is 18.7. The Hall–Kier alpha value is -1.81. The fourth-order valence-corrected chi connectivity index (χ4v) is 5.06. The second-order valence-electron chi connectivity index (χ2n) is 8.19. The highest BCUT2D eigenvalue weighted by Gasteiger charge is 2.46. The van der Waals surface area contributed by atoms with Gasteiger partial charge in [0, 0.05) is 6.04 Å². The molecule has 2 aliphatic carbocycles. The Balaban J connectivity index is 1.44. The highest BCUT2D eigenvalue weighted by Crippen LogP contribution is 2.45. The Morgan fingerprint density at radius 1 is 1.19 bits per heavy atom. The van der Waals surface area contributed by atoms with Crippen LogP contribution in [0.1, 0.15) is 38.8 Å². The van der Waals surface area contributed by atoms with Gasteiger partial charge in [0.05, 0.1) is 12.4 Å². The van der Waals surface area contributed by atoms with Crippen molar-refractivity contribution in [2.24, 2.45) is 11.8 Å². The van der Waals surface area contributed by atoms with Crippen molar-refractivity contribution in [3.8, 4) is 0 Å². The number of rotatable bonds is 4. The Morgan fingerprint density at radius 3 is 2.70 bits per heavy atom. The molecule has 4 N–H and O–H groups in total. The molecule has 3 fully saturated rings. The first-order chi connectivity index (χ1) is 13.0. The summed E-state index contributed by atoms with van der Waals surface area (Å²) >= 11 is 0. The van der Waals surface area contributed by atoms with Gasteiger partial charge in [-0.05, 0) is 38.0 Å². The summed E-state index contributed by atoms with van der Waals surface area (Å²) in [5, 5.41) is 33.9. The molecule has 27 heavy (non-hydrogen) atoms. The summed E-state index contributed by atoms with van der Waals surface area (Å²) in [5.41, 5.74) is 1.14. The molecule has 9 heteroatoms. The van der Waals surface area contributed by atoms with Gasteiger partial charge in [0.2, 0.25) is 0 Å². The molecule has 2 unspecified atom stereocenters. The number of hydrogen-bond acceptors (Lipinski definition) is 8. The summed E-state index contributed by atoms with van der Waals surface area (Å²) in [6.45, 7) is 1.52.